The van der Waals surface area contributed by atoms with E-state index in [4.69, 9.17) is 4.42 Å². The number of hydrogen-bond acceptors (Lipinski definition) is 6. The molecule has 0 atom stereocenters. The van der Waals surface area contributed by atoms with Crippen molar-refractivity contribution in [1.82, 2.24) is 14.9 Å². The number of aryl methyl sites for hydroxylation is 1. The van der Waals surface area contributed by atoms with Crippen LogP contribution in [0.2, 0.25) is 0 Å². The number of aromatic nitrogens is 2. The van der Waals surface area contributed by atoms with Gasteiger partial charge in [-0.15, -0.1) is 11.3 Å². The van der Waals surface area contributed by atoms with Gasteiger partial charge in [0.25, 0.3) is 5.89 Å². The van der Waals surface area contributed by atoms with Crippen molar-refractivity contribution in [3.05, 3.63) is 64.3 Å². The summed E-state index contributed by atoms with van der Waals surface area (Å²) in [6, 6.07) is 10.4. The van der Waals surface area contributed by atoms with Gasteiger partial charge in [0.1, 0.15) is 5.76 Å². The molecule has 1 amide bonds. The number of rotatable bonds is 4. The number of fused-ring (bicyclic) bond motifs is 1. The summed E-state index contributed by atoms with van der Waals surface area (Å²) in [6.07, 6.45) is 1.55. The Kier molecular flexibility index (Phi) is 4.81. The first-order valence-electron chi connectivity index (χ1n) is 8.66. The molecule has 0 saturated heterocycles. The molecule has 0 radical (unpaired) electrons. The van der Waals surface area contributed by atoms with Gasteiger partial charge in [-0.25, -0.2) is 9.97 Å². The molecular formula is C19H20N4O2S. The average Bonchev–Trinajstić information content (AvgIpc) is 3.19. The van der Waals surface area contributed by atoms with Crippen LogP contribution in [0.15, 0.2) is 40.1 Å². The van der Waals surface area contributed by atoms with E-state index in [1.54, 1.807) is 0 Å². The molecule has 1 aliphatic heterocycles. The zero-order valence-electron chi connectivity index (χ0n) is 14.6. The van der Waals surface area contributed by atoms with Crippen molar-refractivity contribution < 1.29 is 9.21 Å². The maximum atomic E-state index is 12.3. The molecule has 26 heavy (non-hydrogen) atoms. The van der Waals surface area contributed by atoms with E-state index < -0.39 is 0 Å². The summed E-state index contributed by atoms with van der Waals surface area (Å²) in [5, 5.41) is 5.20. The molecule has 0 bridgehead atoms. The van der Waals surface area contributed by atoms with Gasteiger partial charge in [0.05, 0.1) is 11.4 Å². The Morgan fingerprint density at radius 1 is 1.23 bits per heavy atom. The van der Waals surface area contributed by atoms with E-state index in [-0.39, 0.29) is 11.8 Å². The highest BCUT2D eigenvalue weighted by Gasteiger charge is 2.23. The second-order valence-electron chi connectivity index (χ2n) is 6.40. The molecule has 1 aliphatic rings. The van der Waals surface area contributed by atoms with Crippen molar-refractivity contribution in [2.24, 2.45) is 0 Å². The number of hydrogen-bond donors (Lipinski definition) is 1. The summed E-state index contributed by atoms with van der Waals surface area (Å²) in [5.74, 6) is 0.606. The Bertz CT molecular complexity index is 878. The number of amides is 1. The number of benzene rings is 1. The van der Waals surface area contributed by atoms with Gasteiger partial charge in [-0.05, 0) is 12.5 Å². The van der Waals surface area contributed by atoms with Crippen LogP contribution in [-0.2, 0) is 19.4 Å². The first-order chi connectivity index (χ1) is 12.7. The highest BCUT2D eigenvalue weighted by atomic mass is 32.1. The number of oxazole rings is 1. The highest BCUT2D eigenvalue weighted by Crippen LogP contribution is 2.20. The summed E-state index contributed by atoms with van der Waals surface area (Å²) in [5.41, 5.74) is 3.07. The maximum absolute atomic E-state index is 12.3. The van der Waals surface area contributed by atoms with Gasteiger partial charge in [0.2, 0.25) is 0 Å². The van der Waals surface area contributed by atoms with Crippen molar-refractivity contribution in [3.8, 4) is 0 Å². The maximum Gasteiger partial charge on any atom is 0.313 e. The van der Waals surface area contributed by atoms with Crippen molar-refractivity contribution in [3.63, 3.8) is 0 Å². The number of carbonyl (C=O) groups excluding carboxylic acids is 1. The fourth-order valence-electron chi connectivity index (χ4n) is 3.07. The van der Waals surface area contributed by atoms with Crippen LogP contribution in [0.1, 0.15) is 33.4 Å². The topological polar surface area (TPSA) is 71.3 Å². The smallest absolute Gasteiger partial charge is 0.313 e. The molecule has 0 fully saturated rings. The van der Waals surface area contributed by atoms with Gasteiger partial charge in [-0.2, -0.15) is 0 Å². The Morgan fingerprint density at radius 3 is 2.81 bits per heavy atom. The van der Waals surface area contributed by atoms with Crippen LogP contribution in [0.4, 0.5) is 5.13 Å². The molecule has 4 rings (SSSR count). The lowest BCUT2D eigenvalue weighted by molar-refractivity contribution is 0.0988. The zero-order valence-corrected chi connectivity index (χ0v) is 15.4. The molecule has 0 spiro atoms. The minimum absolute atomic E-state index is 0.124. The van der Waals surface area contributed by atoms with E-state index >= 15 is 0 Å². The van der Waals surface area contributed by atoms with E-state index in [0.29, 0.717) is 5.13 Å². The predicted octanol–water partition coefficient (Wildman–Crippen LogP) is 3.29. The zero-order chi connectivity index (χ0) is 17.9. The highest BCUT2D eigenvalue weighted by molar-refractivity contribution is 7.13. The molecule has 3 aromatic rings. The van der Waals surface area contributed by atoms with Crippen LogP contribution >= 0.6 is 11.3 Å². The molecule has 1 aromatic carbocycles. The molecule has 0 aliphatic carbocycles. The third kappa shape index (κ3) is 3.84. The van der Waals surface area contributed by atoms with E-state index in [0.717, 1.165) is 49.6 Å². The molecule has 3 heterocycles. The van der Waals surface area contributed by atoms with E-state index in [2.05, 4.69) is 44.5 Å². The molecular weight excluding hydrogens is 348 g/mol. The van der Waals surface area contributed by atoms with Gasteiger partial charge in [0, 0.05) is 37.9 Å². The molecule has 1 N–H and O–H groups in total. The number of thiazole rings is 1. The number of nitrogens with one attached hydrogen (secondary N) is 1. The normalized spacial score (nSPS) is 14.7. The number of anilines is 1. The fourth-order valence-corrected chi connectivity index (χ4v) is 3.75. The SMILES string of the molecule is Cc1csc(NC(=O)c2nc3c(o2)CCN(Cc2ccccc2)CC3)n1. The molecule has 7 heteroatoms. The number of nitrogens with zero attached hydrogens (tertiary/aromatic N) is 3. The van der Waals surface area contributed by atoms with Gasteiger partial charge in [-0.1, -0.05) is 30.3 Å². The third-order valence-corrected chi connectivity index (χ3v) is 5.26. The summed E-state index contributed by atoms with van der Waals surface area (Å²) < 4.78 is 5.75. The molecule has 134 valence electrons. The van der Waals surface area contributed by atoms with Crippen molar-refractivity contribution >= 4 is 22.4 Å². The quantitative estimate of drug-likeness (QED) is 0.765. The largest absolute Gasteiger partial charge is 0.437 e. The first kappa shape index (κ1) is 16.9. The molecule has 6 nitrogen and oxygen atoms in total. The minimum atomic E-state index is -0.339. The van der Waals surface area contributed by atoms with Gasteiger partial charge < -0.3 is 4.42 Å². The van der Waals surface area contributed by atoms with Crippen LogP contribution in [-0.4, -0.2) is 33.9 Å². The third-order valence-electron chi connectivity index (χ3n) is 4.38. The fraction of sp³-hybridized carbons (Fsp3) is 0.316. The van der Waals surface area contributed by atoms with Crippen LogP contribution in [0, 0.1) is 6.92 Å². The van der Waals surface area contributed by atoms with Crippen LogP contribution in [0.25, 0.3) is 0 Å². The Balaban J connectivity index is 1.40. The summed E-state index contributed by atoms with van der Waals surface area (Å²) in [7, 11) is 0. The van der Waals surface area contributed by atoms with Crippen molar-refractivity contribution in [1.29, 1.82) is 0 Å². The van der Waals surface area contributed by atoms with Crippen LogP contribution in [0.3, 0.4) is 0 Å². The first-order valence-corrected chi connectivity index (χ1v) is 9.53. The van der Waals surface area contributed by atoms with Crippen LogP contribution in [0.5, 0.6) is 0 Å². The van der Waals surface area contributed by atoms with Gasteiger partial charge in [-0.3, -0.25) is 15.0 Å². The molecule has 2 aromatic heterocycles. The summed E-state index contributed by atoms with van der Waals surface area (Å²) in [4.78, 5) is 23.4. The minimum Gasteiger partial charge on any atom is -0.437 e. The lowest BCUT2D eigenvalue weighted by atomic mass is 10.2. The average molecular weight is 368 g/mol. The van der Waals surface area contributed by atoms with Crippen molar-refractivity contribution in [2.75, 3.05) is 18.4 Å². The summed E-state index contributed by atoms with van der Waals surface area (Å²) in [6.45, 7) is 4.60. The standard InChI is InChI=1S/C19H20N4O2S/c1-13-12-26-19(20-13)22-17(24)18-21-15-7-9-23(10-8-16(15)25-18)11-14-5-3-2-4-6-14/h2-6,12H,7-11H2,1H3,(H,20,22,24). The van der Waals surface area contributed by atoms with Gasteiger partial charge >= 0.3 is 5.91 Å². The monoisotopic (exact) mass is 368 g/mol. The van der Waals surface area contributed by atoms with E-state index in [1.165, 1.54) is 16.9 Å². The van der Waals surface area contributed by atoms with E-state index in [9.17, 15) is 4.79 Å². The van der Waals surface area contributed by atoms with E-state index in [1.807, 2.05) is 18.4 Å². The second kappa shape index (κ2) is 7.39. The Labute approximate surface area is 155 Å². The van der Waals surface area contributed by atoms with Gasteiger partial charge in [0.15, 0.2) is 5.13 Å². The Hall–Kier alpha value is -2.51. The Morgan fingerprint density at radius 2 is 2.04 bits per heavy atom. The molecule has 0 unspecified atom stereocenters. The predicted molar refractivity (Wildman–Crippen MR) is 100 cm³/mol. The lowest BCUT2D eigenvalue weighted by Crippen LogP contribution is -2.26. The lowest BCUT2D eigenvalue weighted by Gasteiger charge is -2.19. The second-order valence-corrected chi connectivity index (χ2v) is 7.26. The van der Waals surface area contributed by atoms with Crippen LogP contribution < -0.4 is 5.32 Å². The summed E-state index contributed by atoms with van der Waals surface area (Å²) >= 11 is 1.39. The molecule has 0 saturated carbocycles. The number of carbonyl (C=O) groups is 1. The van der Waals surface area contributed by atoms with Crippen molar-refractivity contribution in [2.45, 2.75) is 26.3 Å².